The van der Waals surface area contributed by atoms with Crippen molar-refractivity contribution in [1.29, 1.82) is 0 Å². The Bertz CT molecular complexity index is 3820. The topological polar surface area (TPSA) is 293 Å². The summed E-state index contributed by atoms with van der Waals surface area (Å²) in [6.07, 6.45) is -5.84. The number of carboxylic acid groups (broad SMARTS) is 2. The van der Waals surface area contributed by atoms with E-state index in [0.29, 0.717) is 10.2 Å². The number of halogens is 10. The number of esters is 3. The smallest absolute Gasteiger partial charge is 0.479 e. The molecular weight excluding hydrogens is 1440 g/mol. The van der Waals surface area contributed by atoms with Crippen LogP contribution in [0.2, 0.25) is 0 Å². The van der Waals surface area contributed by atoms with Crippen LogP contribution < -0.4 is 21.8 Å². The van der Waals surface area contributed by atoms with Crippen LogP contribution in [-0.4, -0.2) is 80.5 Å². The molecule has 0 aliphatic carbocycles. The molecule has 19 nitrogen and oxygen atoms in total. The van der Waals surface area contributed by atoms with Gasteiger partial charge in [0, 0.05) is 66.9 Å². The molecule has 1 fully saturated rings. The zero-order valence-corrected chi connectivity index (χ0v) is 54.8. The first-order valence-electron chi connectivity index (χ1n) is 27.1. The molecule has 7 aromatic rings. The lowest BCUT2D eigenvalue weighted by Gasteiger charge is -2.32. The van der Waals surface area contributed by atoms with Crippen LogP contribution in [0.1, 0.15) is 124 Å². The van der Waals surface area contributed by atoms with E-state index >= 15 is 0 Å². The van der Waals surface area contributed by atoms with Gasteiger partial charge in [0.2, 0.25) is 23.6 Å². The number of amides is 2. The third-order valence-electron chi connectivity index (χ3n) is 12.3. The van der Waals surface area contributed by atoms with Gasteiger partial charge in [0.15, 0.2) is 6.10 Å². The Morgan fingerprint density at radius 2 is 0.804 bits per heavy atom. The number of ether oxygens (including phenoxy) is 3. The lowest BCUT2D eigenvalue weighted by molar-refractivity contribution is -0.163. The molecule has 4 atom stereocenters. The number of carbonyl (C=O) groups excluding carboxylic acids is 6. The zero-order valence-electron chi connectivity index (χ0n) is 50.8. The van der Waals surface area contributed by atoms with Crippen LogP contribution in [0.4, 0.5) is 47.8 Å². The molecule has 1 aliphatic rings. The minimum absolute atomic E-state index is 0. The van der Waals surface area contributed by atoms with Gasteiger partial charge in [0.1, 0.15) is 40.7 Å². The van der Waals surface area contributed by atoms with Crippen molar-refractivity contribution < 1.29 is 108 Å². The molecular formula is C67H72BBr2ClF7N3O16. The van der Waals surface area contributed by atoms with Gasteiger partial charge < -0.3 is 55.2 Å². The molecule has 8 rings (SSSR count). The van der Waals surface area contributed by atoms with Gasteiger partial charge in [-0.15, -0.1) is 0 Å². The highest BCUT2D eigenvalue weighted by molar-refractivity contribution is 9.10. The number of nitrogen functional groups attached to an aromatic ring is 1. The molecule has 1 saturated heterocycles. The number of hydrogen-bond acceptors (Lipinski definition) is 15. The molecule has 7 N–H and O–H groups in total. The fourth-order valence-corrected chi connectivity index (χ4v) is 7.89. The molecule has 30 heteroatoms. The summed E-state index contributed by atoms with van der Waals surface area (Å²) in [5.41, 5.74) is 5.44. The van der Waals surface area contributed by atoms with Gasteiger partial charge in [-0.1, -0.05) is 76.9 Å². The second-order valence-electron chi connectivity index (χ2n) is 20.3. The van der Waals surface area contributed by atoms with E-state index in [1.807, 2.05) is 27.7 Å². The minimum atomic E-state index is -1.65. The molecule has 0 spiro atoms. The standard InChI is InChI=1S/C22H24BF2NO5.C16H12BrF2NO3.C10H9FO4.C8H7FO3.C6H5BrFN.C2H3ClO.3CH4/c1-13(27)29-19(14-7-6-8-15(24)11-14)20(28)26-16-9-10-17(18(25)12-16)23-30-21(2,3)22(4,5)31-23;1-9(21)23-15(10-3-2-4-11(18)7-10)16(22)20-12-5-6-13(17)14(19)8-12;1-6(12)15-9(10(13)14)7-3-2-4-8(11)5-7;9-6-3-1-2-5(4-6)7(10)8(11)12;7-5-2-1-4(9)3-6(5)8;1-2(3)4;;;/h6-12,19H,1-5H3,(H,26,28);2-8,15H,1H3,(H,20,22);2-5,9H,1H3,(H,13,14);1-4,7,10H,(H,11,12);1-3H,9H2;1H3;3*1H4. The number of carbonyl (C=O) groups is 8. The summed E-state index contributed by atoms with van der Waals surface area (Å²) in [5, 5.41) is 30.6. The number of aliphatic hydroxyl groups is 1. The van der Waals surface area contributed by atoms with Crippen molar-refractivity contribution in [2.75, 3.05) is 16.4 Å². The SMILES string of the molecule is C.C.C.CC(=O)Cl.CC(=O)OC(C(=O)Nc1ccc(B2OC(C)(C)C(C)(C)O2)c(F)c1)c1cccc(F)c1.CC(=O)OC(C(=O)Nc1ccc(Br)c(F)c1)c1cccc(F)c1.CC(=O)OC(C(=O)O)c1cccc(F)c1.Nc1ccc(Br)c(F)c1.O=C(O)C(O)c1cccc(F)c1. The second kappa shape index (κ2) is 41.2. The Kier molecular flexibility index (Phi) is 37.4. The molecule has 7 aromatic carbocycles. The average Bonchev–Trinajstić information content (AvgIpc) is 1.62. The average molecular weight is 1510 g/mol. The van der Waals surface area contributed by atoms with Crippen molar-refractivity contribution in [3.63, 3.8) is 0 Å². The summed E-state index contributed by atoms with van der Waals surface area (Å²) < 4.78 is 120. The van der Waals surface area contributed by atoms with Crippen LogP contribution in [0.3, 0.4) is 0 Å². The zero-order chi connectivity index (χ0) is 70.9. The van der Waals surface area contributed by atoms with Crippen LogP contribution in [0.5, 0.6) is 0 Å². The van der Waals surface area contributed by atoms with Gasteiger partial charge in [-0.05, 0) is 174 Å². The summed E-state index contributed by atoms with van der Waals surface area (Å²) in [7, 11) is -0.893. The van der Waals surface area contributed by atoms with E-state index < -0.39 is 119 Å². The second-order valence-corrected chi connectivity index (χ2v) is 22.6. The molecule has 0 aromatic heterocycles. The maximum Gasteiger partial charge on any atom is 0.497 e. The number of aliphatic carboxylic acids is 2. The molecule has 97 heavy (non-hydrogen) atoms. The van der Waals surface area contributed by atoms with E-state index in [2.05, 4.69) is 58.8 Å². The van der Waals surface area contributed by atoms with Crippen molar-refractivity contribution >= 4 is 120 Å². The van der Waals surface area contributed by atoms with E-state index in [9.17, 15) is 69.1 Å². The minimum Gasteiger partial charge on any atom is -0.479 e. The van der Waals surface area contributed by atoms with E-state index in [4.69, 9.17) is 39.8 Å². The fourth-order valence-electron chi connectivity index (χ4n) is 7.40. The molecule has 4 unspecified atom stereocenters. The number of aliphatic hydroxyl groups excluding tert-OH is 1. The predicted octanol–water partition coefficient (Wildman–Crippen LogP) is 14.8. The number of carboxylic acids is 2. The van der Waals surface area contributed by atoms with Crippen LogP contribution in [0.25, 0.3) is 0 Å². The number of nitrogens with one attached hydrogen (secondary N) is 2. The first kappa shape index (κ1) is 88.0. The van der Waals surface area contributed by atoms with Crippen LogP contribution in [0, 0.1) is 40.7 Å². The predicted molar refractivity (Wildman–Crippen MR) is 358 cm³/mol. The monoisotopic (exact) mass is 1510 g/mol. The largest absolute Gasteiger partial charge is 0.497 e. The molecule has 524 valence electrons. The molecule has 1 heterocycles. The van der Waals surface area contributed by atoms with Crippen molar-refractivity contribution in [1.82, 2.24) is 0 Å². The Morgan fingerprint density at radius 3 is 1.12 bits per heavy atom. The number of nitrogens with two attached hydrogens (primary N) is 1. The summed E-state index contributed by atoms with van der Waals surface area (Å²) in [6, 6.07) is 32.6. The third kappa shape index (κ3) is 29.9. The van der Waals surface area contributed by atoms with E-state index in [-0.39, 0.29) is 76.9 Å². The number of rotatable bonds is 14. The van der Waals surface area contributed by atoms with Crippen molar-refractivity contribution in [2.45, 2.75) is 113 Å². The van der Waals surface area contributed by atoms with Gasteiger partial charge in [0.05, 0.1) is 20.1 Å². The number of anilines is 3. The summed E-state index contributed by atoms with van der Waals surface area (Å²) in [5.74, 6) is -10.1. The third-order valence-corrected chi connectivity index (χ3v) is 13.6. The van der Waals surface area contributed by atoms with E-state index in [1.54, 1.807) is 12.1 Å². The normalized spacial score (nSPS) is 13.0. The molecule has 0 bridgehead atoms. The Labute approximate surface area is 578 Å². The fraction of sp³-hybridized carbons (Fsp3) is 0.254. The molecule has 1 aliphatic heterocycles. The quantitative estimate of drug-likeness (QED) is 0.0147. The first-order valence-corrected chi connectivity index (χ1v) is 29.0. The number of benzene rings is 7. The highest BCUT2D eigenvalue weighted by Gasteiger charge is 2.52. The van der Waals surface area contributed by atoms with E-state index in [1.165, 1.54) is 110 Å². The summed E-state index contributed by atoms with van der Waals surface area (Å²) in [6.45, 7) is 12.1. The molecule has 2 amide bonds. The van der Waals surface area contributed by atoms with Crippen LogP contribution in [0.15, 0.2) is 161 Å². The van der Waals surface area contributed by atoms with Gasteiger partial charge in [-0.25, -0.2) is 40.3 Å². The van der Waals surface area contributed by atoms with E-state index in [0.717, 1.165) is 57.2 Å². The van der Waals surface area contributed by atoms with Crippen LogP contribution >= 0.6 is 43.5 Å². The van der Waals surface area contributed by atoms with Crippen molar-refractivity contribution in [3.05, 3.63) is 224 Å². The Morgan fingerprint density at radius 1 is 0.485 bits per heavy atom. The van der Waals surface area contributed by atoms with Gasteiger partial charge in [-0.3, -0.25) is 28.8 Å². The maximum absolute atomic E-state index is 14.8. The lowest BCUT2D eigenvalue weighted by atomic mass is 9.78. The highest BCUT2D eigenvalue weighted by atomic mass is 79.9. The van der Waals surface area contributed by atoms with Crippen molar-refractivity contribution in [2.24, 2.45) is 0 Å². The first-order chi connectivity index (χ1) is 43.8. The summed E-state index contributed by atoms with van der Waals surface area (Å²) in [4.78, 5) is 88.5. The maximum atomic E-state index is 14.8. The molecule has 0 radical (unpaired) electrons. The van der Waals surface area contributed by atoms with Gasteiger partial charge >= 0.3 is 37.0 Å². The Hall–Kier alpha value is -9.00. The Balaban J connectivity index is 0.00000123. The highest BCUT2D eigenvalue weighted by Crippen LogP contribution is 2.37. The van der Waals surface area contributed by atoms with Crippen LogP contribution in [-0.2, 0) is 61.9 Å². The summed E-state index contributed by atoms with van der Waals surface area (Å²) >= 11 is 10.6. The lowest BCUT2D eigenvalue weighted by Crippen LogP contribution is -2.41. The molecule has 0 saturated carbocycles. The van der Waals surface area contributed by atoms with Gasteiger partial charge in [0.25, 0.3) is 11.8 Å². The number of hydrogen-bond donors (Lipinski definition) is 6. The van der Waals surface area contributed by atoms with Gasteiger partial charge in [-0.2, -0.15) is 0 Å². The van der Waals surface area contributed by atoms with Crippen molar-refractivity contribution in [3.8, 4) is 0 Å².